The number of imidazole rings is 1. The predicted octanol–water partition coefficient (Wildman–Crippen LogP) is 3.20. The molecule has 122 valence electrons. The first-order chi connectivity index (χ1) is 11.7. The number of amides is 1. The fourth-order valence-corrected chi connectivity index (χ4v) is 3.38. The summed E-state index contributed by atoms with van der Waals surface area (Å²) in [6.07, 6.45) is 3.55. The minimum atomic E-state index is -0.502. The van der Waals surface area contributed by atoms with Crippen LogP contribution >= 0.6 is 11.8 Å². The molecule has 0 unspecified atom stereocenters. The Kier molecular flexibility index (Phi) is 4.86. The van der Waals surface area contributed by atoms with Crippen LogP contribution in [-0.2, 0) is 4.79 Å². The van der Waals surface area contributed by atoms with Gasteiger partial charge in [-0.1, -0.05) is 48.2 Å². The number of methoxy groups -OCH3 is 1. The fourth-order valence-electron chi connectivity index (χ4n) is 2.36. The number of carbonyl (C=O) groups excluding carboxylic acids is 1. The molecule has 1 amide bonds. The van der Waals surface area contributed by atoms with Crippen molar-refractivity contribution in [2.45, 2.75) is 10.4 Å². The van der Waals surface area contributed by atoms with E-state index in [1.54, 1.807) is 13.3 Å². The molecular formula is C18H17N3O2S. The molecule has 0 spiro atoms. The van der Waals surface area contributed by atoms with Crippen LogP contribution in [0.3, 0.4) is 0 Å². The number of nitrogens with two attached hydrogens (primary N) is 1. The van der Waals surface area contributed by atoms with Gasteiger partial charge in [0.15, 0.2) is 5.16 Å². The van der Waals surface area contributed by atoms with Crippen LogP contribution in [0.1, 0.15) is 10.8 Å². The van der Waals surface area contributed by atoms with E-state index < -0.39 is 11.2 Å². The molecule has 0 fully saturated rings. The quantitative estimate of drug-likeness (QED) is 0.700. The molecule has 0 radical (unpaired) electrons. The Balaban J connectivity index is 1.93. The van der Waals surface area contributed by atoms with Crippen LogP contribution in [0.5, 0.6) is 5.75 Å². The number of ether oxygens (including phenoxy) is 1. The van der Waals surface area contributed by atoms with Crippen molar-refractivity contribution in [2.75, 3.05) is 7.11 Å². The van der Waals surface area contributed by atoms with Crippen molar-refractivity contribution in [3.05, 3.63) is 72.6 Å². The van der Waals surface area contributed by atoms with Gasteiger partial charge in [-0.3, -0.25) is 9.36 Å². The number of benzene rings is 2. The van der Waals surface area contributed by atoms with Gasteiger partial charge in [0.1, 0.15) is 11.0 Å². The first-order valence-electron chi connectivity index (χ1n) is 7.37. The molecule has 2 N–H and O–H groups in total. The van der Waals surface area contributed by atoms with Crippen molar-refractivity contribution in [1.82, 2.24) is 9.55 Å². The molecule has 0 aliphatic carbocycles. The van der Waals surface area contributed by atoms with E-state index in [1.165, 1.54) is 11.8 Å². The third kappa shape index (κ3) is 3.44. The average molecular weight is 339 g/mol. The molecule has 2 aromatic carbocycles. The molecule has 6 heteroatoms. The largest absolute Gasteiger partial charge is 0.497 e. The molecule has 0 saturated heterocycles. The third-order valence-electron chi connectivity index (χ3n) is 3.52. The van der Waals surface area contributed by atoms with E-state index >= 15 is 0 Å². The van der Waals surface area contributed by atoms with E-state index in [0.29, 0.717) is 5.16 Å². The third-order valence-corrected chi connectivity index (χ3v) is 4.78. The van der Waals surface area contributed by atoms with Crippen LogP contribution in [0.15, 0.2) is 72.1 Å². The maximum absolute atomic E-state index is 11.9. The summed E-state index contributed by atoms with van der Waals surface area (Å²) >= 11 is 1.33. The second-order valence-electron chi connectivity index (χ2n) is 5.09. The van der Waals surface area contributed by atoms with E-state index in [1.807, 2.05) is 65.4 Å². The summed E-state index contributed by atoms with van der Waals surface area (Å²) in [4.78, 5) is 16.3. The van der Waals surface area contributed by atoms with Crippen LogP contribution < -0.4 is 10.5 Å². The topological polar surface area (TPSA) is 70.1 Å². The standard InChI is InChI=1S/C18H17N3O2S/c1-23-15-9-5-8-14(12-15)21-11-10-20-18(21)24-16(17(19)22)13-6-3-2-4-7-13/h2-12,16H,1H3,(H2,19,22)/t16-/m1/s1. The van der Waals surface area contributed by atoms with Gasteiger partial charge in [0.2, 0.25) is 5.91 Å². The number of hydrogen-bond acceptors (Lipinski definition) is 4. The van der Waals surface area contributed by atoms with Crippen LogP contribution in [0, 0.1) is 0 Å². The Morgan fingerprint density at radius 2 is 2.00 bits per heavy atom. The maximum Gasteiger partial charge on any atom is 0.235 e. The lowest BCUT2D eigenvalue weighted by Gasteiger charge is -2.14. The molecule has 5 nitrogen and oxygen atoms in total. The Morgan fingerprint density at radius 3 is 2.71 bits per heavy atom. The van der Waals surface area contributed by atoms with Gasteiger partial charge in [-0.05, 0) is 17.7 Å². The summed E-state index contributed by atoms with van der Waals surface area (Å²) in [6, 6.07) is 17.1. The minimum Gasteiger partial charge on any atom is -0.497 e. The van der Waals surface area contributed by atoms with Gasteiger partial charge < -0.3 is 10.5 Å². The Labute approximate surface area is 144 Å². The minimum absolute atomic E-state index is 0.397. The van der Waals surface area contributed by atoms with E-state index in [0.717, 1.165) is 17.0 Å². The number of primary amides is 1. The van der Waals surface area contributed by atoms with Gasteiger partial charge in [-0.2, -0.15) is 0 Å². The van der Waals surface area contributed by atoms with Crippen molar-refractivity contribution < 1.29 is 9.53 Å². The summed E-state index contributed by atoms with van der Waals surface area (Å²) in [5.74, 6) is 0.359. The lowest BCUT2D eigenvalue weighted by Crippen LogP contribution is -2.19. The lowest BCUT2D eigenvalue weighted by atomic mass is 10.1. The van der Waals surface area contributed by atoms with Crippen LogP contribution in [0.25, 0.3) is 5.69 Å². The number of nitrogens with zero attached hydrogens (tertiary/aromatic N) is 2. The first-order valence-corrected chi connectivity index (χ1v) is 8.25. The molecule has 3 aromatic rings. The molecule has 1 heterocycles. The molecule has 0 aliphatic rings. The maximum atomic E-state index is 11.9. The molecule has 0 aliphatic heterocycles. The van der Waals surface area contributed by atoms with Crippen molar-refractivity contribution in [2.24, 2.45) is 5.73 Å². The smallest absolute Gasteiger partial charge is 0.235 e. The van der Waals surface area contributed by atoms with Crippen LogP contribution in [0.4, 0.5) is 0 Å². The van der Waals surface area contributed by atoms with Gasteiger partial charge in [0, 0.05) is 18.5 Å². The van der Waals surface area contributed by atoms with Gasteiger partial charge in [-0.15, -0.1) is 0 Å². The zero-order valence-electron chi connectivity index (χ0n) is 13.1. The highest BCUT2D eigenvalue weighted by molar-refractivity contribution is 8.00. The van der Waals surface area contributed by atoms with Crippen molar-refractivity contribution >= 4 is 17.7 Å². The number of aromatic nitrogens is 2. The highest BCUT2D eigenvalue weighted by atomic mass is 32.2. The lowest BCUT2D eigenvalue weighted by molar-refractivity contribution is -0.117. The second kappa shape index (κ2) is 7.23. The summed E-state index contributed by atoms with van der Waals surface area (Å²) in [5, 5.41) is 0.189. The van der Waals surface area contributed by atoms with Gasteiger partial charge >= 0.3 is 0 Å². The van der Waals surface area contributed by atoms with E-state index in [2.05, 4.69) is 4.98 Å². The summed E-state index contributed by atoms with van der Waals surface area (Å²) in [6.45, 7) is 0. The van der Waals surface area contributed by atoms with Crippen molar-refractivity contribution in [3.63, 3.8) is 0 Å². The first kappa shape index (κ1) is 16.1. The number of carbonyl (C=O) groups is 1. The summed E-state index contributed by atoms with van der Waals surface area (Å²) in [5.41, 5.74) is 7.37. The SMILES string of the molecule is COc1cccc(-n2ccnc2S[C@@H](C(N)=O)c2ccccc2)c1. The number of thioether (sulfide) groups is 1. The Morgan fingerprint density at radius 1 is 1.21 bits per heavy atom. The van der Waals surface area contributed by atoms with Crippen molar-refractivity contribution in [3.8, 4) is 11.4 Å². The molecule has 0 bridgehead atoms. The Hall–Kier alpha value is -2.73. The molecule has 3 rings (SSSR count). The Bertz CT molecular complexity index is 833. The van der Waals surface area contributed by atoms with Crippen LogP contribution in [-0.4, -0.2) is 22.6 Å². The monoisotopic (exact) mass is 339 g/mol. The highest BCUT2D eigenvalue weighted by Crippen LogP contribution is 2.35. The molecule has 24 heavy (non-hydrogen) atoms. The number of rotatable bonds is 6. The van der Waals surface area contributed by atoms with Gasteiger partial charge in [-0.25, -0.2) is 4.98 Å². The summed E-state index contributed by atoms with van der Waals surface area (Å²) in [7, 11) is 1.63. The summed E-state index contributed by atoms with van der Waals surface area (Å²) < 4.78 is 7.18. The molecule has 1 aromatic heterocycles. The highest BCUT2D eigenvalue weighted by Gasteiger charge is 2.22. The molecule has 1 atom stereocenters. The number of hydrogen-bond donors (Lipinski definition) is 1. The van der Waals surface area contributed by atoms with Gasteiger partial charge in [0.05, 0.1) is 12.8 Å². The second-order valence-corrected chi connectivity index (χ2v) is 6.16. The van der Waals surface area contributed by atoms with Crippen molar-refractivity contribution in [1.29, 1.82) is 0 Å². The van der Waals surface area contributed by atoms with E-state index in [9.17, 15) is 4.79 Å². The van der Waals surface area contributed by atoms with E-state index in [4.69, 9.17) is 10.5 Å². The predicted molar refractivity (Wildman–Crippen MR) is 94.4 cm³/mol. The van der Waals surface area contributed by atoms with Crippen LogP contribution in [0.2, 0.25) is 0 Å². The van der Waals surface area contributed by atoms with Gasteiger partial charge in [0.25, 0.3) is 0 Å². The zero-order chi connectivity index (χ0) is 16.9. The normalized spacial score (nSPS) is 11.9. The molecular weight excluding hydrogens is 322 g/mol. The van der Waals surface area contributed by atoms with E-state index in [-0.39, 0.29) is 0 Å². The zero-order valence-corrected chi connectivity index (χ0v) is 13.9. The average Bonchev–Trinajstić information content (AvgIpc) is 3.08. The fraction of sp³-hybridized carbons (Fsp3) is 0.111. The molecule has 0 saturated carbocycles.